The monoisotopic (exact) mass is 524 g/mol. The number of carbonyl (C=O) groups is 4. The second-order valence-corrected chi connectivity index (χ2v) is 8.51. The van der Waals surface area contributed by atoms with Gasteiger partial charge in [-0.1, -0.05) is 6.07 Å². The van der Waals surface area contributed by atoms with Gasteiger partial charge in [0.15, 0.2) is 18.1 Å². The lowest BCUT2D eigenvalue weighted by molar-refractivity contribution is -0.137. The van der Waals surface area contributed by atoms with Crippen LogP contribution in [-0.2, 0) is 20.9 Å². The van der Waals surface area contributed by atoms with E-state index in [4.69, 9.17) is 19.9 Å². The Morgan fingerprint density at radius 2 is 1.89 bits per heavy atom. The van der Waals surface area contributed by atoms with E-state index in [1.54, 1.807) is 30.3 Å². The molecule has 200 valence electrons. The van der Waals surface area contributed by atoms with Crippen LogP contribution < -0.4 is 30.6 Å². The van der Waals surface area contributed by atoms with Crippen LogP contribution >= 0.6 is 0 Å². The number of imide groups is 1. The minimum absolute atomic E-state index is 0.168. The first kappa shape index (κ1) is 26.5. The Balaban J connectivity index is 1.55. The van der Waals surface area contributed by atoms with E-state index >= 15 is 0 Å². The molecule has 0 saturated carbocycles. The van der Waals surface area contributed by atoms with Gasteiger partial charge in [0.1, 0.15) is 6.04 Å². The Labute approximate surface area is 218 Å². The SMILES string of the molecule is COc1cc(/N=N/c2cccc3c2CN(C2CCC(=O)NC2=O)C3=O)cc(OC)c1OCC(=O)NCCN. The second-order valence-electron chi connectivity index (χ2n) is 8.51. The van der Waals surface area contributed by atoms with Crippen molar-refractivity contribution < 1.29 is 33.4 Å². The second kappa shape index (κ2) is 11.7. The van der Waals surface area contributed by atoms with Gasteiger partial charge in [0.25, 0.3) is 11.8 Å². The number of benzene rings is 2. The number of ether oxygens (including phenoxy) is 3. The first-order valence-corrected chi connectivity index (χ1v) is 11.9. The van der Waals surface area contributed by atoms with Crippen LogP contribution in [-0.4, -0.2) is 68.5 Å². The summed E-state index contributed by atoms with van der Waals surface area (Å²) in [4.78, 5) is 50.2. The van der Waals surface area contributed by atoms with Crippen LogP contribution in [0.1, 0.15) is 28.8 Å². The summed E-state index contributed by atoms with van der Waals surface area (Å²) in [5.41, 5.74) is 7.29. The van der Waals surface area contributed by atoms with Crippen molar-refractivity contribution in [2.45, 2.75) is 25.4 Å². The molecule has 0 spiro atoms. The third-order valence-electron chi connectivity index (χ3n) is 6.09. The number of piperidine rings is 1. The quantitative estimate of drug-likeness (QED) is 0.308. The van der Waals surface area contributed by atoms with E-state index in [1.165, 1.54) is 19.1 Å². The van der Waals surface area contributed by atoms with Gasteiger partial charge in [-0.15, -0.1) is 0 Å². The van der Waals surface area contributed by atoms with Crippen molar-refractivity contribution >= 4 is 35.0 Å². The van der Waals surface area contributed by atoms with E-state index in [1.807, 2.05) is 0 Å². The van der Waals surface area contributed by atoms with Crippen LogP contribution in [0.3, 0.4) is 0 Å². The molecule has 2 aromatic carbocycles. The van der Waals surface area contributed by atoms with Crippen molar-refractivity contribution in [3.8, 4) is 17.2 Å². The zero-order valence-electron chi connectivity index (χ0n) is 21.0. The van der Waals surface area contributed by atoms with Gasteiger partial charge >= 0.3 is 0 Å². The average Bonchev–Trinajstić information content (AvgIpc) is 3.25. The van der Waals surface area contributed by atoms with Crippen molar-refractivity contribution in [2.75, 3.05) is 33.9 Å². The summed E-state index contributed by atoms with van der Waals surface area (Å²) in [7, 11) is 2.88. The first-order valence-electron chi connectivity index (χ1n) is 11.9. The molecule has 1 fully saturated rings. The maximum Gasteiger partial charge on any atom is 0.257 e. The maximum absolute atomic E-state index is 13.0. The van der Waals surface area contributed by atoms with Crippen molar-refractivity contribution in [3.05, 3.63) is 41.5 Å². The predicted octanol–water partition coefficient (Wildman–Crippen LogP) is 1.33. The molecule has 4 N–H and O–H groups in total. The Morgan fingerprint density at radius 3 is 2.55 bits per heavy atom. The highest BCUT2D eigenvalue weighted by Gasteiger charge is 2.39. The molecule has 13 heteroatoms. The van der Waals surface area contributed by atoms with E-state index < -0.39 is 11.9 Å². The molecular weight excluding hydrogens is 496 g/mol. The molecular formula is C25H28N6O7. The van der Waals surface area contributed by atoms with Crippen molar-refractivity contribution in [1.29, 1.82) is 0 Å². The third-order valence-corrected chi connectivity index (χ3v) is 6.09. The fourth-order valence-electron chi connectivity index (χ4n) is 4.24. The van der Waals surface area contributed by atoms with Gasteiger partial charge in [0, 0.05) is 49.3 Å². The number of azo groups is 1. The molecule has 13 nitrogen and oxygen atoms in total. The molecule has 2 aliphatic heterocycles. The van der Waals surface area contributed by atoms with Crippen molar-refractivity contribution in [2.24, 2.45) is 16.0 Å². The van der Waals surface area contributed by atoms with Crippen molar-refractivity contribution in [3.63, 3.8) is 0 Å². The largest absolute Gasteiger partial charge is 0.493 e. The lowest BCUT2D eigenvalue weighted by Gasteiger charge is -2.29. The minimum Gasteiger partial charge on any atom is -0.493 e. The van der Waals surface area contributed by atoms with E-state index in [2.05, 4.69) is 20.9 Å². The summed E-state index contributed by atoms with van der Waals surface area (Å²) in [6.07, 6.45) is 0.439. The highest BCUT2D eigenvalue weighted by molar-refractivity contribution is 6.06. The van der Waals surface area contributed by atoms with Crippen LogP contribution in [0.5, 0.6) is 17.2 Å². The molecule has 2 heterocycles. The zero-order chi connectivity index (χ0) is 27.2. The topological polar surface area (TPSA) is 174 Å². The molecule has 1 unspecified atom stereocenters. The number of hydrogen-bond donors (Lipinski definition) is 3. The summed E-state index contributed by atoms with van der Waals surface area (Å²) < 4.78 is 16.4. The summed E-state index contributed by atoms with van der Waals surface area (Å²) in [5.74, 6) is -0.687. The number of nitrogens with two attached hydrogens (primary N) is 1. The Bertz CT molecular complexity index is 1270. The third kappa shape index (κ3) is 5.57. The standard InChI is InChI=1S/C25H28N6O7/c1-36-19-10-14(11-20(37-2)23(19)38-13-22(33)27-9-8-26)29-30-17-5-3-4-15-16(17)12-31(25(15)35)18-6-7-21(32)28-24(18)34/h3-5,10-11,18H,6-9,12-13,26H2,1-2H3,(H,27,33)(H,28,32,34)/b30-29+. The molecule has 0 radical (unpaired) electrons. The minimum atomic E-state index is -0.726. The van der Waals surface area contributed by atoms with E-state index in [9.17, 15) is 19.2 Å². The smallest absolute Gasteiger partial charge is 0.257 e. The maximum atomic E-state index is 13.0. The summed E-state index contributed by atoms with van der Waals surface area (Å²) in [5, 5.41) is 13.5. The predicted molar refractivity (Wildman–Crippen MR) is 134 cm³/mol. The molecule has 4 rings (SSSR count). The Kier molecular flexibility index (Phi) is 8.16. The molecule has 2 aromatic rings. The van der Waals surface area contributed by atoms with E-state index in [0.717, 1.165) is 0 Å². The summed E-state index contributed by atoms with van der Waals surface area (Å²) >= 11 is 0. The molecule has 0 aromatic heterocycles. The molecule has 1 atom stereocenters. The van der Waals surface area contributed by atoms with E-state index in [-0.39, 0.29) is 61.0 Å². The van der Waals surface area contributed by atoms with Crippen LogP contribution in [0.2, 0.25) is 0 Å². The van der Waals surface area contributed by atoms with Gasteiger partial charge < -0.3 is 30.2 Å². The number of rotatable bonds is 10. The Morgan fingerprint density at radius 1 is 1.16 bits per heavy atom. The number of nitrogens with zero attached hydrogens (tertiary/aromatic N) is 3. The van der Waals surface area contributed by atoms with Gasteiger partial charge in [-0.3, -0.25) is 24.5 Å². The number of methoxy groups -OCH3 is 2. The van der Waals surface area contributed by atoms with Gasteiger partial charge in [-0.25, -0.2) is 0 Å². The number of nitrogens with one attached hydrogen (secondary N) is 2. The van der Waals surface area contributed by atoms with Crippen molar-refractivity contribution in [1.82, 2.24) is 15.5 Å². The molecule has 4 amide bonds. The van der Waals surface area contributed by atoms with Crippen LogP contribution in [0.4, 0.5) is 11.4 Å². The Hall–Kier alpha value is -4.52. The first-order chi connectivity index (χ1) is 18.4. The molecule has 1 saturated heterocycles. The normalized spacial score (nSPS) is 16.9. The van der Waals surface area contributed by atoms with Gasteiger partial charge in [0.05, 0.1) is 25.6 Å². The molecule has 38 heavy (non-hydrogen) atoms. The van der Waals surface area contributed by atoms with Crippen LogP contribution in [0.25, 0.3) is 0 Å². The molecule has 2 aliphatic rings. The van der Waals surface area contributed by atoms with Gasteiger partial charge in [-0.2, -0.15) is 10.2 Å². The summed E-state index contributed by atoms with van der Waals surface area (Å²) in [6, 6.07) is 7.50. The number of fused-ring (bicyclic) bond motifs is 1. The lowest BCUT2D eigenvalue weighted by Crippen LogP contribution is -2.52. The number of amides is 4. The zero-order valence-corrected chi connectivity index (χ0v) is 21.0. The van der Waals surface area contributed by atoms with E-state index in [0.29, 0.717) is 35.6 Å². The lowest BCUT2D eigenvalue weighted by atomic mass is 10.0. The van der Waals surface area contributed by atoms with Gasteiger partial charge in [-0.05, 0) is 18.6 Å². The number of hydrogen-bond acceptors (Lipinski definition) is 10. The van der Waals surface area contributed by atoms with Crippen LogP contribution in [0, 0.1) is 0 Å². The fourth-order valence-corrected chi connectivity index (χ4v) is 4.24. The summed E-state index contributed by atoms with van der Waals surface area (Å²) in [6.45, 7) is 0.546. The number of carbonyl (C=O) groups excluding carboxylic acids is 4. The molecule has 0 aliphatic carbocycles. The van der Waals surface area contributed by atoms with Gasteiger partial charge in [0.2, 0.25) is 17.6 Å². The highest BCUT2D eigenvalue weighted by atomic mass is 16.5. The van der Waals surface area contributed by atoms with Crippen LogP contribution in [0.15, 0.2) is 40.6 Å². The highest BCUT2D eigenvalue weighted by Crippen LogP contribution is 2.42. The average molecular weight is 525 g/mol. The molecule has 0 bridgehead atoms. The fraction of sp³-hybridized carbons (Fsp3) is 0.360.